The maximum absolute atomic E-state index is 12.1. The Morgan fingerprint density at radius 3 is 2.60 bits per heavy atom. The van der Waals surface area contributed by atoms with Crippen molar-refractivity contribution in [3.8, 4) is 0 Å². The van der Waals surface area contributed by atoms with E-state index in [1.165, 1.54) is 11.3 Å². The van der Waals surface area contributed by atoms with Crippen LogP contribution in [0.1, 0.15) is 5.56 Å². The summed E-state index contributed by atoms with van der Waals surface area (Å²) in [7, 11) is -3.37. The average molecular weight is 376 g/mol. The number of benzene rings is 2. The minimum atomic E-state index is -3.37. The Morgan fingerprint density at radius 1 is 1.12 bits per heavy atom. The first-order chi connectivity index (χ1) is 11.8. The van der Waals surface area contributed by atoms with Crippen LogP contribution < -0.4 is 15.4 Å². The quantitative estimate of drug-likeness (QED) is 0.647. The second-order valence-corrected chi connectivity index (χ2v) is 8.25. The highest BCUT2D eigenvalue weighted by molar-refractivity contribution is 7.92. The molecule has 3 aromatic rings. The third-order valence-electron chi connectivity index (χ3n) is 3.31. The predicted molar refractivity (Wildman–Crippen MR) is 102 cm³/mol. The number of hydrogen-bond acceptors (Lipinski definition) is 5. The summed E-state index contributed by atoms with van der Waals surface area (Å²) in [6, 6.07) is 12.3. The van der Waals surface area contributed by atoms with E-state index < -0.39 is 10.0 Å². The maximum Gasteiger partial charge on any atom is 0.323 e. The zero-order valence-electron chi connectivity index (χ0n) is 13.5. The van der Waals surface area contributed by atoms with E-state index in [0.717, 1.165) is 22.2 Å². The number of thiazole rings is 1. The number of sulfonamides is 1. The van der Waals surface area contributed by atoms with E-state index in [-0.39, 0.29) is 6.03 Å². The third kappa shape index (κ3) is 4.46. The Balaban J connectivity index is 1.75. The van der Waals surface area contributed by atoms with Gasteiger partial charge in [-0.05, 0) is 36.8 Å². The molecule has 1 heterocycles. The fourth-order valence-electron chi connectivity index (χ4n) is 2.20. The first kappa shape index (κ1) is 17.2. The van der Waals surface area contributed by atoms with Crippen molar-refractivity contribution in [1.82, 2.24) is 4.98 Å². The van der Waals surface area contributed by atoms with Crippen LogP contribution in [0.3, 0.4) is 0 Å². The van der Waals surface area contributed by atoms with Crippen LogP contribution in [-0.2, 0) is 10.0 Å². The largest absolute Gasteiger partial charge is 0.323 e. The van der Waals surface area contributed by atoms with Crippen molar-refractivity contribution in [3.05, 3.63) is 48.0 Å². The van der Waals surface area contributed by atoms with Crippen molar-refractivity contribution < 1.29 is 13.2 Å². The monoisotopic (exact) mass is 376 g/mol. The maximum atomic E-state index is 12.1. The fraction of sp³-hybridized carbons (Fsp3) is 0.125. The van der Waals surface area contributed by atoms with Crippen LogP contribution in [0.2, 0.25) is 0 Å². The number of carbonyl (C=O) groups excluding carboxylic acids is 1. The molecule has 0 radical (unpaired) electrons. The first-order valence-corrected chi connectivity index (χ1v) is 10.0. The highest BCUT2D eigenvalue weighted by Crippen LogP contribution is 2.29. The molecule has 0 atom stereocenters. The number of fused-ring (bicyclic) bond motifs is 1. The van der Waals surface area contributed by atoms with Crippen LogP contribution in [0.4, 0.5) is 21.3 Å². The van der Waals surface area contributed by atoms with Crippen molar-refractivity contribution in [1.29, 1.82) is 0 Å². The standard InChI is InChI=1S/C16H16N4O3S2/c1-10-5-3-4-6-12(10)18-15(21)17-11-7-8-13-14(9-11)24-16(19-13)20-25(2,22)23/h3-9H,1-2H3,(H,19,20)(H2,17,18,21). The molecule has 3 rings (SSSR count). The SMILES string of the molecule is Cc1ccccc1NC(=O)Nc1ccc2nc(NS(C)(=O)=O)sc2c1. The van der Waals surface area contributed by atoms with Crippen LogP contribution in [0, 0.1) is 6.92 Å². The zero-order chi connectivity index (χ0) is 18.0. The summed E-state index contributed by atoms with van der Waals surface area (Å²) in [5.74, 6) is 0. The Bertz CT molecular complexity index is 1040. The topological polar surface area (TPSA) is 100 Å². The van der Waals surface area contributed by atoms with E-state index in [0.29, 0.717) is 16.3 Å². The number of anilines is 3. The predicted octanol–water partition coefficient (Wildman–Crippen LogP) is 3.62. The molecule has 0 aliphatic rings. The van der Waals surface area contributed by atoms with E-state index in [1.54, 1.807) is 18.2 Å². The van der Waals surface area contributed by atoms with Gasteiger partial charge in [0, 0.05) is 11.4 Å². The zero-order valence-corrected chi connectivity index (χ0v) is 15.2. The molecule has 2 aromatic carbocycles. The van der Waals surface area contributed by atoms with Crippen LogP contribution in [-0.4, -0.2) is 25.7 Å². The van der Waals surface area contributed by atoms with Gasteiger partial charge in [-0.1, -0.05) is 29.5 Å². The second kappa shape index (κ2) is 6.69. The van der Waals surface area contributed by atoms with Crippen LogP contribution in [0.25, 0.3) is 10.2 Å². The minimum absolute atomic E-state index is 0.291. The number of para-hydroxylation sites is 1. The van der Waals surface area contributed by atoms with Crippen molar-refractivity contribution in [2.24, 2.45) is 0 Å². The van der Waals surface area contributed by atoms with E-state index in [4.69, 9.17) is 0 Å². The Morgan fingerprint density at radius 2 is 1.88 bits per heavy atom. The molecule has 130 valence electrons. The van der Waals surface area contributed by atoms with E-state index in [1.807, 2.05) is 31.2 Å². The summed E-state index contributed by atoms with van der Waals surface area (Å²) in [5, 5.41) is 5.84. The summed E-state index contributed by atoms with van der Waals surface area (Å²) >= 11 is 1.20. The number of urea groups is 1. The van der Waals surface area contributed by atoms with Crippen LogP contribution in [0.15, 0.2) is 42.5 Å². The highest BCUT2D eigenvalue weighted by Gasteiger charge is 2.10. The van der Waals surface area contributed by atoms with Gasteiger partial charge in [-0.2, -0.15) is 0 Å². The van der Waals surface area contributed by atoms with Gasteiger partial charge < -0.3 is 10.6 Å². The number of hydrogen-bond donors (Lipinski definition) is 3. The van der Waals surface area contributed by atoms with Crippen molar-refractivity contribution >= 4 is 54.1 Å². The normalized spacial score (nSPS) is 11.3. The van der Waals surface area contributed by atoms with Crippen LogP contribution in [0.5, 0.6) is 0 Å². The molecule has 0 unspecified atom stereocenters. The molecule has 0 fully saturated rings. The number of rotatable bonds is 4. The molecular weight excluding hydrogens is 360 g/mol. The minimum Gasteiger partial charge on any atom is -0.308 e. The van der Waals surface area contributed by atoms with Gasteiger partial charge in [0.1, 0.15) is 0 Å². The summed E-state index contributed by atoms with van der Waals surface area (Å²) in [4.78, 5) is 16.3. The van der Waals surface area contributed by atoms with Gasteiger partial charge in [-0.3, -0.25) is 4.72 Å². The number of carbonyl (C=O) groups is 1. The fourth-order valence-corrected chi connectivity index (χ4v) is 3.94. The smallest absolute Gasteiger partial charge is 0.308 e. The number of nitrogens with zero attached hydrogens (tertiary/aromatic N) is 1. The molecule has 0 spiro atoms. The molecule has 3 N–H and O–H groups in total. The molecule has 0 aliphatic carbocycles. The van der Waals surface area contributed by atoms with E-state index in [9.17, 15) is 13.2 Å². The van der Waals surface area contributed by atoms with Gasteiger partial charge in [0.2, 0.25) is 10.0 Å². The van der Waals surface area contributed by atoms with Gasteiger partial charge in [-0.25, -0.2) is 18.2 Å². The van der Waals surface area contributed by atoms with E-state index >= 15 is 0 Å². The second-order valence-electron chi connectivity index (χ2n) is 5.47. The molecule has 1 aromatic heterocycles. The molecule has 25 heavy (non-hydrogen) atoms. The van der Waals surface area contributed by atoms with Crippen molar-refractivity contribution in [2.75, 3.05) is 21.6 Å². The average Bonchev–Trinajstić information content (AvgIpc) is 2.88. The van der Waals surface area contributed by atoms with Crippen molar-refractivity contribution in [2.45, 2.75) is 6.92 Å². The Hall–Kier alpha value is -2.65. The first-order valence-electron chi connectivity index (χ1n) is 7.32. The summed E-state index contributed by atoms with van der Waals surface area (Å²) < 4.78 is 25.7. The van der Waals surface area contributed by atoms with E-state index in [2.05, 4.69) is 20.3 Å². The molecule has 2 amide bonds. The number of nitrogens with one attached hydrogen (secondary N) is 3. The molecule has 0 bridgehead atoms. The van der Waals surface area contributed by atoms with Gasteiger partial charge in [0.05, 0.1) is 16.5 Å². The lowest BCUT2D eigenvalue weighted by molar-refractivity contribution is 0.262. The molecular formula is C16H16N4O3S2. The Kier molecular flexibility index (Phi) is 4.60. The Labute approximate surface area is 149 Å². The summed E-state index contributed by atoms with van der Waals surface area (Å²) in [6.07, 6.45) is 1.07. The lowest BCUT2D eigenvalue weighted by atomic mass is 10.2. The molecule has 7 nitrogen and oxygen atoms in total. The lowest BCUT2D eigenvalue weighted by Gasteiger charge is -2.09. The lowest BCUT2D eigenvalue weighted by Crippen LogP contribution is -2.19. The van der Waals surface area contributed by atoms with Crippen LogP contribution >= 0.6 is 11.3 Å². The highest BCUT2D eigenvalue weighted by atomic mass is 32.2. The number of aryl methyl sites for hydroxylation is 1. The van der Waals surface area contributed by atoms with Gasteiger partial charge in [0.15, 0.2) is 5.13 Å². The summed E-state index contributed by atoms with van der Waals surface area (Å²) in [6.45, 7) is 1.91. The van der Waals surface area contributed by atoms with Gasteiger partial charge >= 0.3 is 6.03 Å². The van der Waals surface area contributed by atoms with Gasteiger partial charge in [-0.15, -0.1) is 0 Å². The molecule has 0 saturated heterocycles. The molecule has 0 saturated carbocycles. The third-order valence-corrected chi connectivity index (χ3v) is 4.94. The molecule has 0 aliphatic heterocycles. The van der Waals surface area contributed by atoms with Crippen molar-refractivity contribution in [3.63, 3.8) is 0 Å². The molecule has 9 heteroatoms. The van der Waals surface area contributed by atoms with Gasteiger partial charge in [0.25, 0.3) is 0 Å². The summed E-state index contributed by atoms with van der Waals surface area (Å²) in [5.41, 5.74) is 2.94. The number of amides is 2. The number of aromatic nitrogens is 1.